The summed E-state index contributed by atoms with van der Waals surface area (Å²) in [5.41, 5.74) is 6.67. The number of nitrogens with one attached hydrogen (secondary N) is 1. The minimum atomic E-state index is -0.498. The molecule has 8 heteroatoms. The van der Waals surface area contributed by atoms with Crippen molar-refractivity contribution in [1.82, 2.24) is 9.55 Å². The number of unbranched alkanes of at least 4 members (excludes halogenated alkanes) is 1. The quantitative estimate of drug-likeness (QED) is 0.606. The van der Waals surface area contributed by atoms with Gasteiger partial charge in [0.2, 0.25) is 0 Å². The lowest BCUT2D eigenvalue weighted by Gasteiger charge is -2.26. The van der Waals surface area contributed by atoms with Crippen molar-refractivity contribution in [3.63, 3.8) is 0 Å². The highest BCUT2D eigenvalue weighted by atomic mass is 16.5. The van der Waals surface area contributed by atoms with Gasteiger partial charge in [0.15, 0.2) is 0 Å². The zero-order valence-electron chi connectivity index (χ0n) is 16.9. The van der Waals surface area contributed by atoms with E-state index in [1.54, 1.807) is 12.0 Å². The van der Waals surface area contributed by atoms with E-state index in [1.807, 2.05) is 38.1 Å². The van der Waals surface area contributed by atoms with Crippen LogP contribution in [-0.4, -0.2) is 43.0 Å². The van der Waals surface area contributed by atoms with Crippen molar-refractivity contribution in [3.8, 4) is 5.75 Å². The molecular weight excluding hydrogens is 360 g/mol. The minimum absolute atomic E-state index is 0.175. The number of H-pyrrole nitrogens is 1. The molecule has 2 rings (SSSR count). The number of methoxy groups -OCH3 is 1. The maximum atomic E-state index is 12.5. The number of nitrogens with zero attached hydrogens (tertiary/aromatic N) is 2. The molecule has 0 radical (unpaired) electrons. The van der Waals surface area contributed by atoms with Gasteiger partial charge in [-0.2, -0.15) is 0 Å². The average molecular weight is 390 g/mol. The number of hydrogen-bond acceptors (Lipinski definition) is 6. The molecule has 28 heavy (non-hydrogen) atoms. The van der Waals surface area contributed by atoms with E-state index < -0.39 is 11.2 Å². The molecule has 0 fully saturated rings. The normalized spacial score (nSPS) is 10.8. The van der Waals surface area contributed by atoms with Crippen LogP contribution in [0.2, 0.25) is 0 Å². The Morgan fingerprint density at radius 1 is 1.14 bits per heavy atom. The molecule has 0 aliphatic rings. The highest BCUT2D eigenvalue weighted by Crippen LogP contribution is 2.17. The summed E-state index contributed by atoms with van der Waals surface area (Å²) in [5, 5.41) is 0. The second-order valence-corrected chi connectivity index (χ2v) is 6.64. The lowest BCUT2D eigenvalue weighted by atomic mass is 10.2. The van der Waals surface area contributed by atoms with Gasteiger partial charge in [-0.25, -0.2) is 4.79 Å². The summed E-state index contributed by atoms with van der Waals surface area (Å²) in [6.07, 6.45) is 1.71. The number of nitrogen functional groups attached to an aromatic ring is 1. The van der Waals surface area contributed by atoms with Gasteiger partial charge in [-0.15, -0.1) is 0 Å². The van der Waals surface area contributed by atoms with E-state index in [0.717, 1.165) is 24.2 Å². The van der Waals surface area contributed by atoms with E-state index in [2.05, 4.69) is 4.98 Å². The van der Waals surface area contributed by atoms with Crippen molar-refractivity contribution in [2.45, 2.75) is 33.2 Å². The molecule has 0 amide bonds. The molecule has 0 aliphatic carbocycles. The summed E-state index contributed by atoms with van der Waals surface area (Å²) in [5.74, 6) is 0.931. The van der Waals surface area contributed by atoms with Crippen LogP contribution in [0.3, 0.4) is 0 Å². The van der Waals surface area contributed by atoms with Crippen molar-refractivity contribution < 1.29 is 9.47 Å². The topological polar surface area (TPSA) is 103 Å². The Morgan fingerprint density at radius 3 is 2.46 bits per heavy atom. The number of aryl methyl sites for hydroxylation is 1. The molecule has 1 aromatic heterocycles. The lowest BCUT2D eigenvalue weighted by molar-refractivity contribution is 0.203. The predicted octanol–water partition coefficient (Wildman–Crippen LogP) is 1.76. The zero-order chi connectivity index (χ0) is 20.5. The molecular formula is C20H30N4O4. The molecule has 0 saturated heterocycles. The van der Waals surface area contributed by atoms with Crippen LogP contribution in [0.15, 0.2) is 33.9 Å². The standard InChI is InChI=1S/C20H30N4O4/c1-4-5-10-24-18(21)17(19(25)22-20(24)26)23(11-13-27-3)12-14-28-16-8-6-15(2)7-9-16/h6-9H,4-5,10-14,21H2,1-3H3,(H,22,25,26). The number of aromatic nitrogens is 2. The van der Waals surface area contributed by atoms with Gasteiger partial charge in [-0.05, 0) is 25.5 Å². The second-order valence-electron chi connectivity index (χ2n) is 6.64. The number of anilines is 2. The number of hydrogen-bond donors (Lipinski definition) is 2. The van der Waals surface area contributed by atoms with Crippen molar-refractivity contribution in [3.05, 3.63) is 50.7 Å². The first-order valence-electron chi connectivity index (χ1n) is 9.53. The summed E-state index contributed by atoms with van der Waals surface area (Å²) in [6, 6.07) is 7.76. The van der Waals surface area contributed by atoms with E-state index in [0.29, 0.717) is 32.8 Å². The van der Waals surface area contributed by atoms with Crippen molar-refractivity contribution in [1.29, 1.82) is 0 Å². The van der Waals surface area contributed by atoms with Crippen LogP contribution in [0.25, 0.3) is 0 Å². The zero-order valence-corrected chi connectivity index (χ0v) is 16.9. The molecule has 154 valence electrons. The first-order valence-corrected chi connectivity index (χ1v) is 9.53. The fourth-order valence-electron chi connectivity index (χ4n) is 2.87. The summed E-state index contributed by atoms with van der Waals surface area (Å²) >= 11 is 0. The van der Waals surface area contributed by atoms with Gasteiger partial charge >= 0.3 is 5.69 Å². The van der Waals surface area contributed by atoms with Gasteiger partial charge in [-0.3, -0.25) is 14.3 Å². The molecule has 1 heterocycles. The molecule has 0 atom stereocenters. The van der Waals surface area contributed by atoms with Crippen molar-refractivity contribution in [2.75, 3.05) is 44.0 Å². The van der Waals surface area contributed by atoms with Crippen LogP contribution in [0.1, 0.15) is 25.3 Å². The Morgan fingerprint density at radius 2 is 1.82 bits per heavy atom. The molecule has 0 saturated carbocycles. The summed E-state index contributed by atoms with van der Waals surface area (Å²) in [6.45, 7) is 6.16. The van der Waals surface area contributed by atoms with E-state index in [9.17, 15) is 9.59 Å². The highest BCUT2D eigenvalue weighted by Gasteiger charge is 2.18. The van der Waals surface area contributed by atoms with Crippen LogP contribution < -0.4 is 26.6 Å². The van der Waals surface area contributed by atoms with Gasteiger partial charge in [0.05, 0.1) is 13.2 Å². The van der Waals surface area contributed by atoms with Crippen molar-refractivity contribution in [2.24, 2.45) is 0 Å². The molecule has 2 aromatic rings. The molecule has 3 N–H and O–H groups in total. The smallest absolute Gasteiger partial charge is 0.330 e. The van der Waals surface area contributed by atoms with Gasteiger partial charge in [0, 0.05) is 20.2 Å². The third-order valence-electron chi connectivity index (χ3n) is 4.48. The fraction of sp³-hybridized carbons (Fsp3) is 0.500. The van der Waals surface area contributed by atoms with E-state index in [1.165, 1.54) is 4.57 Å². The number of aromatic amines is 1. The number of rotatable bonds is 11. The Balaban J connectivity index is 2.22. The number of ether oxygens (including phenoxy) is 2. The van der Waals surface area contributed by atoms with E-state index in [-0.39, 0.29) is 11.5 Å². The van der Waals surface area contributed by atoms with E-state index >= 15 is 0 Å². The van der Waals surface area contributed by atoms with Crippen molar-refractivity contribution >= 4 is 11.5 Å². The molecule has 1 aromatic carbocycles. The SMILES string of the molecule is CCCCn1c(N)c(N(CCOC)CCOc2ccc(C)cc2)c(=O)[nH]c1=O. The monoisotopic (exact) mass is 390 g/mol. The average Bonchev–Trinajstić information content (AvgIpc) is 2.66. The minimum Gasteiger partial charge on any atom is -0.492 e. The first-order chi connectivity index (χ1) is 13.5. The summed E-state index contributed by atoms with van der Waals surface area (Å²) in [4.78, 5) is 28.8. The number of benzene rings is 1. The van der Waals surface area contributed by atoms with Crippen LogP contribution >= 0.6 is 0 Å². The van der Waals surface area contributed by atoms with E-state index in [4.69, 9.17) is 15.2 Å². The Kier molecular flexibility index (Phi) is 8.13. The molecule has 8 nitrogen and oxygen atoms in total. The van der Waals surface area contributed by atoms with Gasteiger partial charge < -0.3 is 20.1 Å². The first kappa shape index (κ1) is 21.6. The lowest BCUT2D eigenvalue weighted by Crippen LogP contribution is -2.41. The van der Waals surface area contributed by atoms with Crippen LogP contribution in [0.4, 0.5) is 11.5 Å². The second kappa shape index (κ2) is 10.6. The summed E-state index contributed by atoms with van der Waals surface area (Å²) < 4.78 is 12.4. The summed E-state index contributed by atoms with van der Waals surface area (Å²) in [7, 11) is 1.59. The molecule has 0 spiro atoms. The van der Waals surface area contributed by atoms with Gasteiger partial charge in [0.1, 0.15) is 23.9 Å². The third-order valence-corrected chi connectivity index (χ3v) is 4.48. The Bertz CT molecular complexity index is 858. The largest absolute Gasteiger partial charge is 0.492 e. The molecule has 0 bridgehead atoms. The maximum Gasteiger partial charge on any atom is 0.330 e. The Labute approximate surface area is 164 Å². The van der Waals surface area contributed by atoms with Crippen LogP contribution in [-0.2, 0) is 11.3 Å². The van der Waals surface area contributed by atoms with Crippen LogP contribution in [0.5, 0.6) is 5.75 Å². The van der Waals surface area contributed by atoms with Crippen LogP contribution in [0, 0.1) is 6.92 Å². The third kappa shape index (κ3) is 5.63. The maximum absolute atomic E-state index is 12.5. The van der Waals surface area contributed by atoms with Gasteiger partial charge in [-0.1, -0.05) is 31.0 Å². The number of nitrogens with two attached hydrogens (primary N) is 1. The highest BCUT2D eigenvalue weighted by molar-refractivity contribution is 5.62. The molecule has 0 unspecified atom stereocenters. The predicted molar refractivity (Wildman–Crippen MR) is 111 cm³/mol. The molecule has 0 aliphatic heterocycles. The van der Waals surface area contributed by atoms with Gasteiger partial charge in [0.25, 0.3) is 5.56 Å². The fourth-order valence-corrected chi connectivity index (χ4v) is 2.87. The Hall–Kier alpha value is -2.74.